The predicted molar refractivity (Wildman–Crippen MR) is 88.2 cm³/mol. The quantitative estimate of drug-likeness (QED) is 0.835. The van der Waals surface area contributed by atoms with Crippen molar-refractivity contribution in [3.63, 3.8) is 0 Å². The summed E-state index contributed by atoms with van der Waals surface area (Å²) in [4.78, 5) is 23.1. The van der Waals surface area contributed by atoms with Crippen molar-refractivity contribution < 1.29 is 19.1 Å². The highest BCUT2D eigenvalue weighted by Crippen LogP contribution is 2.35. The number of benzene rings is 2. The minimum absolute atomic E-state index is 0.197. The number of nitrogens with two attached hydrogens (primary N) is 1. The van der Waals surface area contributed by atoms with E-state index in [9.17, 15) is 9.59 Å². The van der Waals surface area contributed by atoms with Crippen LogP contribution in [0.5, 0.6) is 11.5 Å². The van der Waals surface area contributed by atoms with Crippen molar-refractivity contribution in [2.24, 2.45) is 5.73 Å². The zero-order valence-electron chi connectivity index (χ0n) is 11.9. The third-order valence-corrected chi connectivity index (χ3v) is 3.94. The molecule has 2 aromatic carbocycles. The van der Waals surface area contributed by atoms with Gasteiger partial charge in [0.25, 0.3) is 5.91 Å². The lowest BCUT2D eigenvalue weighted by Gasteiger charge is -2.04. The summed E-state index contributed by atoms with van der Waals surface area (Å²) in [5.74, 6) is 0.279. The summed E-state index contributed by atoms with van der Waals surface area (Å²) in [5, 5.41) is 0. The molecule has 0 aliphatic carbocycles. The van der Waals surface area contributed by atoms with Crippen molar-refractivity contribution in [3.05, 3.63) is 63.8 Å². The molecule has 0 saturated heterocycles. The van der Waals surface area contributed by atoms with Crippen molar-refractivity contribution in [1.29, 1.82) is 0 Å². The van der Waals surface area contributed by atoms with Crippen LogP contribution in [0.25, 0.3) is 6.08 Å². The number of hydrogen-bond acceptors (Lipinski definition) is 4. The van der Waals surface area contributed by atoms with Crippen molar-refractivity contribution in [1.82, 2.24) is 0 Å². The average Bonchev–Trinajstić information content (AvgIpc) is 2.83. The smallest absolute Gasteiger partial charge is 0.255 e. The summed E-state index contributed by atoms with van der Waals surface area (Å²) < 4.78 is 11.7. The Labute approximate surface area is 140 Å². The molecule has 0 bridgehead atoms. The van der Waals surface area contributed by atoms with E-state index in [4.69, 9.17) is 15.2 Å². The van der Waals surface area contributed by atoms with Crippen molar-refractivity contribution in [2.45, 2.75) is 0 Å². The van der Waals surface area contributed by atoms with Crippen LogP contribution in [0.1, 0.15) is 15.9 Å². The van der Waals surface area contributed by atoms with E-state index in [0.717, 1.165) is 10.0 Å². The van der Waals surface area contributed by atoms with Crippen LogP contribution in [0, 0.1) is 0 Å². The Morgan fingerprint density at radius 3 is 2.78 bits per heavy atom. The zero-order chi connectivity index (χ0) is 16.4. The number of Topliss-reactive ketones (excluding diaryl/α,β-unsaturated/α-hetero) is 1. The van der Waals surface area contributed by atoms with E-state index in [1.54, 1.807) is 24.3 Å². The summed E-state index contributed by atoms with van der Waals surface area (Å²) in [6.45, 7) is -0.230. The highest BCUT2D eigenvalue weighted by atomic mass is 79.9. The van der Waals surface area contributed by atoms with E-state index >= 15 is 0 Å². The summed E-state index contributed by atoms with van der Waals surface area (Å²) in [6.07, 6.45) is 1.68. The maximum Gasteiger partial charge on any atom is 0.255 e. The number of amides is 1. The third-order valence-electron chi connectivity index (χ3n) is 3.21. The van der Waals surface area contributed by atoms with Gasteiger partial charge in [-0.3, -0.25) is 9.59 Å². The second-order valence-electron chi connectivity index (χ2n) is 4.87. The third kappa shape index (κ3) is 3.27. The number of ketones is 1. The minimum atomic E-state index is -0.572. The molecule has 116 valence electrons. The van der Waals surface area contributed by atoms with Crippen LogP contribution in [0.3, 0.4) is 0 Å². The fourth-order valence-electron chi connectivity index (χ4n) is 2.14. The topological polar surface area (TPSA) is 78.6 Å². The van der Waals surface area contributed by atoms with Crippen LogP contribution in [-0.2, 0) is 4.79 Å². The standard InChI is InChI=1S/C17H12BrNO4/c18-13-4-2-1-3-10(13)7-15-17(21)12-6-5-11(8-14(12)23-15)22-9-16(19)20/h1-8H,9H2,(H2,19,20)/b15-7-. The number of ether oxygens (including phenoxy) is 2. The molecule has 23 heavy (non-hydrogen) atoms. The second-order valence-corrected chi connectivity index (χ2v) is 5.73. The molecule has 2 aromatic rings. The van der Waals surface area contributed by atoms with Crippen molar-refractivity contribution in [2.75, 3.05) is 6.61 Å². The molecule has 2 N–H and O–H groups in total. The predicted octanol–water partition coefficient (Wildman–Crippen LogP) is 2.93. The Bertz CT molecular complexity index is 829. The van der Waals surface area contributed by atoms with E-state index in [0.29, 0.717) is 17.1 Å². The second kappa shape index (κ2) is 6.26. The van der Waals surface area contributed by atoms with Crippen LogP contribution in [0.4, 0.5) is 0 Å². The Morgan fingerprint density at radius 2 is 2.04 bits per heavy atom. The number of carbonyl (C=O) groups excluding carboxylic acids is 2. The number of hydrogen-bond donors (Lipinski definition) is 1. The molecule has 0 atom stereocenters. The molecule has 5 nitrogen and oxygen atoms in total. The molecule has 1 aliphatic heterocycles. The van der Waals surface area contributed by atoms with Gasteiger partial charge >= 0.3 is 0 Å². The summed E-state index contributed by atoms with van der Waals surface area (Å²) >= 11 is 3.43. The number of rotatable bonds is 4. The molecule has 0 aromatic heterocycles. The van der Waals surface area contributed by atoms with Crippen LogP contribution in [-0.4, -0.2) is 18.3 Å². The first-order valence-electron chi connectivity index (χ1n) is 6.78. The summed E-state index contributed by atoms with van der Waals surface area (Å²) in [5.41, 5.74) is 6.33. The molecule has 1 heterocycles. The molecule has 0 spiro atoms. The van der Waals surface area contributed by atoms with E-state index in [2.05, 4.69) is 15.9 Å². The Morgan fingerprint density at radius 1 is 1.26 bits per heavy atom. The lowest BCUT2D eigenvalue weighted by molar-refractivity contribution is -0.119. The van der Waals surface area contributed by atoms with Crippen molar-refractivity contribution >= 4 is 33.7 Å². The van der Waals surface area contributed by atoms with E-state index in [1.165, 1.54) is 0 Å². The fraction of sp³-hybridized carbons (Fsp3) is 0.0588. The van der Waals surface area contributed by atoms with Crippen LogP contribution in [0.15, 0.2) is 52.7 Å². The molecule has 6 heteroatoms. The van der Waals surface area contributed by atoms with Crippen molar-refractivity contribution in [3.8, 4) is 11.5 Å². The van der Waals surface area contributed by atoms with E-state index in [-0.39, 0.29) is 18.1 Å². The molecule has 1 amide bonds. The first kappa shape index (κ1) is 15.3. The number of primary amides is 1. The van der Waals surface area contributed by atoms with Gasteiger partial charge in [-0.25, -0.2) is 0 Å². The van der Waals surface area contributed by atoms with Gasteiger partial charge in [0, 0.05) is 10.5 Å². The Kier molecular flexibility index (Phi) is 4.16. The van der Waals surface area contributed by atoms with Gasteiger partial charge in [-0.15, -0.1) is 0 Å². The number of allylic oxidation sites excluding steroid dienone is 1. The maximum absolute atomic E-state index is 12.4. The molecule has 0 saturated carbocycles. The van der Waals surface area contributed by atoms with Gasteiger partial charge in [-0.05, 0) is 29.8 Å². The van der Waals surface area contributed by atoms with Gasteiger partial charge in [0.15, 0.2) is 12.4 Å². The SMILES string of the molecule is NC(=O)COc1ccc2c(c1)O/C(=C\c1ccccc1Br)C2=O. The zero-order valence-corrected chi connectivity index (χ0v) is 13.5. The maximum atomic E-state index is 12.4. The molecule has 1 aliphatic rings. The van der Waals surface area contributed by atoms with Gasteiger partial charge in [0.1, 0.15) is 11.5 Å². The van der Waals surface area contributed by atoms with E-state index < -0.39 is 5.91 Å². The van der Waals surface area contributed by atoms with Gasteiger partial charge in [-0.1, -0.05) is 34.1 Å². The molecule has 0 unspecified atom stereocenters. The highest BCUT2D eigenvalue weighted by Gasteiger charge is 2.27. The monoisotopic (exact) mass is 373 g/mol. The molecular weight excluding hydrogens is 362 g/mol. The number of fused-ring (bicyclic) bond motifs is 1. The highest BCUT2D eigenvalue weighted by molar-refractivity contribution is 9.10. The molecule has 0 fully saturated rings. The van der Waals surface area contributed by atoms with Crippen LogP contribution >= 0.6 is 15.9 Å². The summed E-state index contributed by atoms with van der Waals surface area (Å²) in [6, 6.07) is 12.3. The Hall–Kier alpha value is -2.60. The Balaban J connectivity index is 1.87. The fourth-order valence-corrected chi connectivity index (χ4v) is 2.54. The number of carbonyl (C=O) groups is 2. The molecular formula is C17H12BrNO4. The van der Waals surface area contributed by atoms with E-state index in [1.807, 2.05) is 24.3 Å². The van der Waals surface area contributed by atoms with Gasteiger partial charge in [0.2, 0.25) is 5.78 Å². The molecule has 3 rings (SSSR count). The lowest BCUT2D eigenvalue weighted by atomic mass is 10.1. The van der Waals surface area contributed by atoms with Gasteiger partial charge < -0.3 is 15.2 Å². The lowest BCUT2D eigenvalue weighted by Crippen LogP contribution is -2.19. The van der Waals surface area contributed by atoms with Gasteiger partial charge in [-0.2, -0.15) is 0 Å². The first-order valence-corrected chi connectivity index (χ1v) is 7.58. The van der Waals surface area contributed by atoms with Crippen LogP contribution < -0.4 is 15.2 Å². The largest absolute Gasteiger partial charge is 0.484 e. The normalized spacial score (nSPS) is 14.5. The first-order chi connectivity index (χ1) is 11.0. The minimum Gasteiger partial charge on any atom is -0.484 e. The average molecular weight is 374 g/mol. The molecule has 0 radical (unpaired) electrons. The van der Waals surface area contributed by atoms with Crippen LogP contribution in [0.2, 0.25) is 0 Å². The summed E-state index contributed by atoms with van der Waals surface area (Å²) in [7, 11) is 0. The number of halogens is 1. The van der Waals surface area contributed by atoms with Gasteiger partial charge in [0.05, 0.1) is 5.56 Å².